The molecular formula is C21H16N4O2S2. The van der Waals surface area contributed by atoms with Gasteiger partial charge in [0.2, 0.25) is 0 Å². The SMILES string of the molecule is CNC(=O)c1c(Oc2ccnc3cc(-c4nccn4C)sc23)sc2ccccc12. The van der Waals surface area contributed by atoms with Gasteiger partial charge in [0.05, 0.1) is 15.1 Å². The first-order valence-corrected chi connectivity index (χ1v) is 10.6. The van der Waals surface area contributed by atoms with Crippen LogP contribution in [0.3, 0.4) is 0 Å². The van der Waals surface area contributed by atoms with E-state index in [1.165, 1.54) is 11.3 Å². The van der Waals surface area contributed by atoms with Gasteiger partial charge in [-0.15, -0.1) is 11.3 Å². The number of amides is 1. The van der Waals surface area contributed by atoms with Gasteiger partial charge in [0.15, 0.2) is 5.06 Å². The molecule has 0 aliphatic heterocycles. The van der Waals surface area contributed by atoms with Crippen molar-refractivity contribution in [2.24, 2.45) is 7.05 Å². The summed E-state index contributed by atoms with van der Waals surface area (Å²) in [6, 6.07) is 11.7. The summed E-state index contributed by atoms with van der Waals surface area (Å²) in [4.78, 5) is 22.5. The summed E-state index contributed by atoms with van der Waals surface area (Å²) in [7, 11) is 3.59. The summed E-state index contributed by atoms with van der Waals surface area (Å²) >= 11 is 3.04. The van der Waals surface area contributed by atoms with Gasteiger partial charge in [0.1, 0.15) is 17.1 Å². The molecular weight excluding hydrogens is 404 g/mol. The summed E-state index contributed by atoms with van der Waals surface area (Å²) < 4.78 is 10.2. The minimum absolute atomic E-state index is 0.164. The van der Waals surface area contributed by atoms with Gasteiger partial charge in [-0.25, -0.2) is 4.98 Å². The molecule has 1 amide bonds. The fraction of sp³-hybridized carbons (Fsp3) is 0.0952. The van der Waals surface area contributed by atoms with Crippen molar-refractivity contribution in [1.29, 1.82) is 0 Å². The number of hydrogen-bond donors (Lipinski definition) is 1. The van der Waals surface area contributed by atoms with E-state index in [0.29, 0.717) is 16.4 Å². The van der Waals surface area contributed by atoms with Crippen LogP contribution in [0.5, 0.6) is 10.8 Å². The predicted molar refractivity (Wildman–Crippen MR) is 117 cm³/mol. The molecule has 0 bridgehead atoms. The first-order chi connectivity index (χ1) is 14.2. The van der Waals surface area contributed by atoms with E-state index >= 15 is 0 Å². The minimum Gasteiger partial charge on any atom is -0.444 e. The Morgan fingerprint density at radius 1 is 1.14 bits per heavy atom. The van der Waals surface area contributed by atoms with Crippen LogP contribution in [0.1, 0.15) is 10.4 Å². The maximum absolute atomic E-state index is 12.6. The van der Waals surface area contributed by atoms with Crippen molar-refractivity contribution in [2.75, 3.05) is 7.05 Å². The third-order valence-electron chi connectivity index (χ3n) is 4.64. The van der Waals surface area contributed by atoms with Crippen LogP contribution < -0.4 is 10.1 Å². The monoisotopic (exact) mass is 420 g/mol. The van der Waals surface area contributed by atoms with Crippen molar-refractivity contribution in [3.8, 4) is 21.5 Å². The van der Waals surface area contributed by atoms with Gasteiger partial charge in [-0.3, -0.25) is 9.78 Å². The highest BCUT2D eigenvalue weighted by molar-refractivity contribution is 7.22. The van der Waals surface area contributed by atoms with Crippen LogP contribution in [-0.4, -0.2) is 27.5 Å². The van der Waals surface area contributed by atoms with E-state index in [-0.39, 0.29) is 5.91 Å². The maximum Gasteiger partial charge on any atom is 0.256 e. The second-order valence-electron chi connectivity index (χ2n) is 6.44. The summed E-state index contributed by atoms with van der Waals surface area (Å²) in [6.07, 6.45) is 5.41. The first kappa shape index (κ1) is 17.8. The lowest BCUT2D eigenvalue weighted by atomic mass is 10.1. The fourth-order valence-corrected chi connectivity index (χ4v) is 5.41. The summed E-state index contributed by atoms with van der Waals surface area (Å²) in [5, 5.41) is 4.18. The smallest absolute Gasteiger partial charge is 0.256 e. The van der Waals surface area contributed by atoms with E-state index in [0.717, 1.165) is 31.0 Å². The summed E-state index contributed by atoms with van der Waals surface area (Å²) in [6.45, 7) is 0. The van der Waals surface area contributed by atoms with E-state index in [2.05, 4.69) is 15.3 Å². The minimum atomic E-state index is -0.164. The Balaban J connectivity index is 1.63. The number of imidazole rings is 1. The van der Waals surface area contributed by atoms with Gasteiger partial charge in [0, 0.05) is 48.8 Å². The highest BCUT2D eigenvalue weighted by Gasteiger charge is 2.21. The molecule has 144 valence electrons. The predicted octanol–water partition coefficient (Wildman–Crippen LogP) is 5.06. The van der Waals surface area contributed by atoms with Crippen molar-refractivity contribution in [1.82, 2.24) is 19.9 Å². The lowest BCUT2D eigenvalue weighted by Crippen LogP contribution is -2.17. The quantitative estimate of drug-likeness (QED) is 0.441. The van der Waals surface area contributed by atoms with E-state index in [1.54, 1.807) is 30.8 Å². The van der Waals surface area contributed by atoms with E-state index in [4.69, 9.17) is 4.74 Å². The lowest BCUT2D eigenvalue weighted by Gasteiger charge is -2.07. The molecule has 0 aliphatic rings. The standard InChI is InChI=1S/C21H16N4O2S2/c1-22-20(26)17-12-5-3-4-6-15(12)29-21(17)27-14-7-8-23-13-11-16(28-18(13)14)19-24-9-10-25(19)2/h3-11H,1-2H3,(H,22,26). The Kier molecular flexibility index (Phi) is 4.30. The van der Waals surface area contributed by atoms with Crippen molar-refractivity contribution in [3.63, 3.8) is 0 Å². The number of nitrogens with one attached hydrogen (secondary N) is 1. The number of carbonyl (C=O) groups is 1. The van der Waals surface area contributed by atoms with E-state index < -0.39 is 0 Å². The molecule has 0 aliphatic carbocycles. The Labute approximate surface area is 174 Å². The van der Waals surface area contributed by atoms with Crippen LogP contribution >= 0.6 is 22.7 Å². The van der Waals surface area contributed by atoms with Gasteiger partial charge < -0.3 is 14.6 Å². The molecule has 0 radical (unpaired) electrons. The van der Waals surface area contributed by atoms with Crippen molar-refractivity contribution < 1.29 is 9.53 Å². The zero-order chi connectivity index (χ0) is 20.0. The Bertz CT molecular complexity index is 1370. The lowest BCUT2D eigenvalue weighted by molar-refractivity contribution is 0.0963. The number of rotatable bonds is 4. The van der Waals surface area contributed by atoms with Crippen LogP contribution in [-0.2, 0) is 7.05 Å². The Hall–Kier alpha value is -3.23. The topological polar surface area (TPSA) is 69.0 Å². The average Bonchev–Trinajstić information content (AvgIpc) is 3.43. The number of thiophene rings is 2. The molecule has 0 fully saturated rings. The third kappa shape index (κ3) is 2.97. The molecule has 0 saturated carbocycles. The number of benzene rings is 1. The Morgan fingerprint density at radius 3 is 2.79 bits per heavy atom. The van der Waals surface area contributed by atoms with Gasteiger partial charge >= 0.3 is 0 Å². The molecule has 29 heavy (non-hydrogen) atoms. The molecule has 5 rings (SSSR count). The summed E-state index contributed by atoms with van der Waals surface area (Å²) in [5.74, 6) is 1.40. The normalized spacial score (nSPS) is 11.2. The number of aromatic nitrogens is 3. The largest absolute Gasteiger partial charge is 0.444 e. The summed E-state index contributed by atoms with van der Waals surface area (Å²) in [5.41, 5.74) is 1.40. The molecule has 8 heteroatoms. The molecule has 0 spiro atoms. The zero-order valence-corrected chi connectivity index (χ0v) is 17.3. The average molecular weight is 421 g/mol. The van der Waals surface area contributed by atoms with Crippen molar-refractivity contribution in [3.05, 3.63) is 60.6 Å². The van der Waals surface area contributed by atoms with Crippen LogP contribution in [0.2, 0.25) is 0 Å². The first-order valence-electron chi connectivity index (χ1n) is 8.93. The van der Waals surface area contributed by atoms with Crippen LogP contribution in [0.15, 0.2) is 55.0 Å². The number of hydrogen-bond acceptors (Lipinski definition) is 6. The molecule has 4 aromatic heterocycles. The molecule has 6 nitrogen and oxygen atoms in total. The van der Waals surface area contributed by atoms with Gasteiger partial charge in [-0.2, -0.15) is 0 Å². The van der Waals surface area contributed by atoms with Crippen LogP contribution in [0, 0.1) is 0 Å². The van der Waals surface area contributed by atoms with Gasteiger partial charge in [-0.05, 0) is 12.1 Å². The number of aryl methyl sites for hydroxylation is 1. The second kappa shape index (κ2) is 6.98. The Morgan fingerprint density at radius 2 is 2.00 bits per heavy atom. The molecule has 0 atom stereocenters. The zero-order valence-electron chi connectivity index (χ0n) is 15.7. The van der Waals surface area contributed by atoms with Crippen LogP contribution in [0.4, 0.5) is 0 Å². The van der Waals surface area contributed by atoms with Crippen molar-refractivity contribution in [2.45, 2.75) is 0 Å². The molecule has 5 aromatic rings. The number of pyridine rings is 1. The fourth-order valence-electron chi connectivity index (χ4n) is 3.24. The number of fused-ring (bicyclic) bond motifs is 2. The van der Waals surface area contributed by atoms with Crippen molar-refractivity contribution >= 4 is 48.9 Å². The molecule has 1 aromatic carbocycles. The molecule has 1 N–H and O–H groups in total. The molecule has 0 unspecified atom stereocenters. The molecule has 0 saturated heterocycles. The van der Waals surface area contributed by atoms with Crippen LogP contribution in [0.25, 0.3) is 31.0 Å². The highest BCUT2D eigenvalue weighted by atomic mass is 32.1. The number of ether oxygens (including phenoxy) is 1. The molecule has 4 heterocycles. The highest BCUT2D eigenvalue weighted by Crippen LogP contribution is 2.43. The van der Waals surface area contributed by atoms with Gasteiger partial charge in [0.25, 0.3) is 5.91 Å². The van der Waals surface area contributed by atoms with Gasteiger partial charge in [-0.1, -0.05) is 29.5 Å². The number of nitrogens with zero attached hydrogens (tertiary/aromatic N) is 3. The maximum atomic E-state index is 12.6. The third-order valence-corrected chi connectivity index (χ3v) is 6.82. The van der Waals surface area contributed by atoms with E-state index in [9.17, 15) is 4.79 Å². The van der Waals surface area contributed by atoms with E-state index in [1.807, 2.05) is 54.2 Å². The number of carbonyl (C=O) groups excluding carboxylic acids is 1. The second-order valence-corrected chi connectivity index (χ2v) is 8.50.